The van der Waals surface area contributed by atoms with Crippen LogP contribution in [0, 0.1) is 5.92 Å². The Bertz CT molecular complexity index is 557. The van der Waals surface area contributed by atoms with Gasteiger partial charge in [0.1, 0.15) is 0 Å². The van der Waals surface area contributed by atoms with Crippen molar-refractivity contribution in [3.63, 3.8) is 0 Å². The van der Waals surface area contributed by atoms with Crippen LogP contribution in [0.3, 0.4) is 0 Å². The van der Waals surface area contributed by atoms with E-state index in [0.717, 1.165) is 37.1 Å². The average molecular weight is 257 g/mol. The second-order valence-corrected chi connectivity index (χ2v) is 5.23. The Morgan fingerprint density at radius 1 is 1.47 bits per heavy atom. The number of hydrogen-bond acceptors (Lipinski definition) is 2. The highest BCUT2D eigenvalue weighted by molar-refractivity contribution is 5.95. The summed E-state index contributed by atoms with van der Waals surface area (Å²) in [5, 5.41) is 3.19. The van der Waals surface area contributed by atoms with Crippen LogP contribution in [0.15, 0.2) is 36.7 Å². The van der Waals surface area contributed by atoms with E-state index in [1.165, 1.54) is 0 Å². The fourth-order valence-electron chi connectivity index (χ4n) is 2.83. The Labute approximate surface area is 113 Å². The third-order valence-corrected chi connectivity index (χ3v) is 3.82. The lowest BCUT2D eigenvalue weighted by Gasteiger charge is -2.15. The van der Waals surface area contributed by atoms with Crippen molar-refractivity contribution in [2.45, 2.75) is 6.42 Å². The first kappa shape index (κ1) is 12.2. The summed E-state index contributed by atoms with van der Waals surface area (Å²) in [6.07, 6.45) is 4.99. The Morgan fingerprint density at radius 2 is 2.37 bits per heavy atom. The molecule has 3 heterocycles. The van der Waals surface area contributed by atoms with Gasteiger partial charge in [-0.1, -0.05) is 6.07 Å². The molecule has 0 aromatic carbocycles. The first-order valence-corrected chi connectivity index (χ1v) is 6.78. The number of nitrogens with one attached hydrogen (secondary N) is 1. The molecule has 19 heavy (non-hydrogen) atoms. The molecule has 1 amide bonds. The molecule has 3 rings (SSSR count). The Morgan fingerprint density at radius 3 is 3.16 bits per heavy atom. The number of amides is 1. The number of hydrogen-bond donors (Lipinski definition) is 1. The van der Waals surface area contributed by atoms with Crippen LogP contribution in [-0.4, -0.2) is 41.9 Å². The maximum absolute atomic E-state index is 12.5. The molecule has 100 valence electrons. The number of rotatable bonds is 3. The quantitative estimate of drug-likeness (QED) is 0.907. The number of likely N-dealkylation sites (tertiary alicyclic amines) is 1. The molecule has 0 bridgehead atoms. The second-order valence-electron chi connectivity index (χ2n) is 5.23. The molecule has 1 aliphatic heterocycles. The zero-order valence-corrected chi connectivity index (χ0v) is 11.2. The molecular weight excluding hydrogens is 238 g/mol. The third kappa shape index (κ3) is 2.36. The fraction of sp³-hybridized carbons (Fsp3) is 0.400. The van der Waals surface area contributed by atoms with E-state index in [1.54, 1.807) is 0 Å². The van der Waals surface area contributed by atoms with Crippen LogP contribution in [-0.2, 0) is 0 Å². The van der Waals surface area contributed by atoms with Gasteiger partial charge in [-0.25, -0.2) is 0 Å². The van der Waals surface area contributed by atoms with Gasteiger partial charge in [0.05, 0.1) is 5.56 Å². The molecule has 0 spiro atoms. The molecule has 1 saturated heterocycles. The molecule has 0 saturated carbocycles. The first-order chi connectivity index (χ1) is 9.28. The fourth-order valence-corrected chi connectivity index (χ4v) is 2.83. The van der Waals surface area contributed by atoms with Crippen molar-refractivity contribution in [2.24, 2.45) is 5.92 Å². The first-order valence-electron chi connectivity index (χ1n) is 6.78. The zero-order valence-electron chi connectivity index (χ0n) is 11.2. The molecule has 4 heteroatoms. The molecule has 2 aromatic rings. The van der Waals surface area contributed by atoms with Gasteiger partial charge in [0.25, 0.3) is 5.91 Å². The number of aromatic nitrogens is 1. The predicted octanol–water partition coefficient (Wildman–Crippen LogP) is 1.62. The standard InChI is InChI=1S/C15H19N3O/c1-16-9-12-5-7-18(10-12)15(19)13-8-14-4-2-3-6-17(14)11-13/h2-4,6,8,11-12,16H,5,7,9-10H2,1H3/t12-/m0/s1. The van der Waals surface area contributed by atoms with Crippen molar-refractivity contribution in [1.82, 2.24) is 14.6 Å². The average Bonchev–Trinajstić information content (AvgIpc) is 3.04. The highest BCUT2D eigenvalue weighted by Gasteiger charge is 2.26. The van der Waals surface area contributed by atoms with Crippen molar-refractivity contribution in [3.8, 4) is 0 Å². The number of carbonyl (C=O) groups is 1. The van der Waals surface area contributed by atoms with Crippen molar-refractivity contribution in [3.05, 3.63) is 42.2 Å². The van der Waals surface area contributed by atoms with E-state index >= 15 is 0 Å². The number of fused-ring (bicyclic) bond motifs is 1. The van der Waals surface area contributed by atoms with Crippen LogP contribution >= 0.6 is 0 Å². The smallest absolute Gasteiger partial charge is 0.255 e. The summed E-state index contributed by atoms with van der Waals surface area (Å²) < 4.78 is 1.99. The Hall–Kier alpha value is -1.81. The summed E-state index contributed by atoms with van der Waals surface area (Å²) in [5.74, 6) is 0.744. The molecule has 1 atom stereocenters. The molecule has 0 unspecified atom stereocenters. The summed E-state index contributed by atoms with van der Waals surface area (Å²) >= 11 is 0. The molecule has 1 N–H and O–H groups in total. The summed E-state index contributed by atoms with van der Waals surface area (Å²) in [6, 6.07) is 7.95. The third-order valence-electron chi connectivity index (χ3n) is 3.82. The van der Waals surface area contributed by atoms with Gasteiger partial charge in [0.2, 0.25) is 0 Å². The van der Waals surface area contributed by atoms with E-state index in [9.17, 15) is 4.79 Å². The lowest BCUT2D eigenvalue weighted by atomic mass is 10.1. The van der Waals surface area contributed by atoms with Crippen LogP contribution in [0.1, 0.15) is 16.8 Å². The SMILES string of the molecule is CNC[C@@H]1CCN(C(=O)c2cc3ccccn3c2)C1. The molecule has 1 fully saturated rings. The predicted molar refractivity (Wildman–Crippen MR) is 75.3 cm³/mol. The zero-order chi connectivity index (χ0) is 13.2. The number of pyridine rings is 1. The minimum atomic E-state index is 0.155. The van der Waals surface area contributed by atoms with Gasteiger partial charge in [-0.3, -0.25) is 4.79 Å². The van der Waals surface area contributed by atoms with Gasteiger partial charge in [-0.05, 0) is 44.1 Å². The minimum Gasteiger partial charge on any atom is -0.338 e. The van der Waals surface area contributed by atoms with Crippen LogP contribution in [0.5, 0.6) is 0 Å². The minimum absolute atomic E-state index is 0.155. The Balaban J connectivity index is 1.77. The maximum atomic E-state index is 12.5. The van der Waals surface area contributed by atoms with E-state index in [0.29, 0.717) is 5.92 Å². The van der Waals surface area contributed by atoms with Crippen molar-refractivity contribution < 1.29 is 4.79 Å². The maximum Gasteiger partial charge on any atom is 0.255 e. The largest absolute Gasteiger partial charge is 0.338 e. The second kappa shape index (κ2) is 5.05. The van der Waals surface area contributed by atoms with Crippen LogP contribution in [0.4, 0.5) is 0 Å². The van der Waals surface area contributed by atoms with Gasteiger partial charge in [0, 0.05) is 31.0 Å². The molecule has 4 nitrogen and oxygen atoms in total. The van der Waals surface area contributed by atoms with E-state index < -0.39 is 0 Å². The van der Waals surface area contributed by atoms with E-state index in [-0.39, 0.29) is 5.91 Å². The molecule has 0 radical (unpaired) electrons. The molecule has 2 aromatic heterocycles. The number of nitrogens with zero attached hydrogens (tertiary/aromatic N) is 2. The van der Waals surface area contributed by atoms with Crippen LogP contribution in [0.25, 0.3) is 5.52 Å². The van der Waals surface area contributed by atoms with E-state index in [2.05, 4.69) is 5.32 Å². The van der Waals surface area contributed by atoms with E-state index in [1.807, 2.05) is 53.0 Å². The lowest BCUT2D eigenvalue weighted by Crippen LogP contribution is -2.30. The van der Waals surface area contributed by atoms with Gasteiger partial charge >= 0.3 is 0 Å². The summed E-state index contributed by atoms with van der Waals surface area (Å²) in [6.45, 7) is 2.73. The van der Waals surface area contributed by atoms with E-state index in [4.69, 9.17) is 0 Å². The van der Waals surface area contributed by atoms with Crippen molar-refractivity contribution >= 4 is 11.4 Å². The topological polar surface area (TPSA) is 36.8 Å². The molecule has 1 aliphatic rings. The highest BCUT2D eigenvalue weighted by atomic mass is 16.2. The van der Waals surface area contributed by atoms with Gasteiger partial charge in [0.15, 0.2) is 0 Å². The van der Waals surface area contributed by atoms with Gasteiger partial charge in [-0.2, -0.15) is 0 Å². The van der Waals surface area contributed by atoms with Gasteiger partial charge < -0.3 is 14.6 Å². The number of carbonyl (C=O) groups excluding carboxylic acids is 1. The summed E-state index contributed by atoms with van der Waals surface area (Å²) in [4.78, 5) is 14.4. The monoisotopic (exact) mass is 257 g/mol. The highest BCUT2D eigenvalue weighted by Crippen LogP contribution is 2.19. The van der Waals surface area contributed by atoms with Crippen LogP contribution in [0.2, 0.25) is 0 Å². The molecule has 0 aliphatic carbocycles. The lowest BCUT2D eigenvalue weighted by molar-refractivity contribution is 0.0787. The van der Waals surface area contributed by atoms with Crippen molar-refractivity contribution in [2.75, 3.05) is 26.7 Å². The Kier molecular flexibility index (Phi) is 3.25. The van der Waals surface area contributed by atoms with Gasteiger partial charge in [-0.15, -0.1) is 0 Å². The van der Waals surface area contributed by atoms with Crippen LogP contribution < -0.4 is 5.32 Å². The van der Waals surface area contributed by atoms with Crippen molar-refractivity contribution in [1.29, 1.82) is 0 Å². The normalized spacial score (nSPS) is 19.2. The molecular formula is C15H19N3O. The summed E-state index contributed by atoms with van der Waals surface area (Å²) in [5.41, 5.74) is 1.85. The summed E-state index contributed by atoms with van der Waals surface area (Å²) in [7, 11) is 1.96.